The lowest BCUT2D eigenvalue weighted by Gasteiger charge is -2.06. The Kier molecular flexibility index (Phi) is 5.46. The minimum atomic E-state index is 0.0174. The topological polar surface area (TPSA) is 41.1 Å². The van der Waals surface area contributed by atoms with Crippen LogP contribution in [-0.4, -0.2) is 13.0 Å². The van der Waals surface area contributed by atoms with Gasteiger partial charge in [0.15, 0.2) is 0 Å². The highest BCUT2D eigenvalue weighted by Gasteiger charge is 2.04. The van der Waals surface area contributed by atoms with Crippen molar-refractivity contribution in [3.05, 3.63) is 49.6 Å². The van der Waals surface area contributed by atoms with Crippen molar-refractivity contribution in [3.8, 4) is 0 Å². The maximum atomic E-state index is 11.3. The Morgan fingerprint density at radius 2 is 2.05 bits per heavy atom. The van der Waals surface area contributed by atoms with Crippen molar-refractivity contribution in [2.24, 2.45) is 0 Å². The third-order valence-corrected chi connectivity index (χ3v) is 5.24. The minimum Gasteiger partial charge on any atom is -0.380 e. The van der Waals surface area contributed by atoms with Crippen LogP contribution in [0.25, 0.3) is 0 Å². The smallest absolute Gasteiger partial charge is 0.224 e. The van der Waals surface area contributed by atoms with Crippen molar-refractivity contribution < 1.29 is 4.79 Å². The molecule has 0 saturated heterocycles. The van der Waals surface area contributed by atoms with Gasteiger partial charge in [-0.1, -0.05) is 23.7 Å². The van der Waals surface area contributed by atoms with E-state index >= 15 is 0 Å². The summed E-state index contributed by atoms with van der Waals surface area (Å²) in [6.07, 6.45) is 0.407. The van der Waals surface area contributed by atoms with E-state index < -0.39 is 0 Å². The number of carbonyl (C=O) groups excluding carboxylic acids is 1. The molecule has 0 aliphatic rings. The number of benzene rings is 1. The molecule has 0 unspecified atom stereocenters. The Balaban J connectivity index is 1.92. The Labute approximate surface area is 135 Å². The molecule has 2 N–H and O–H groups in total. The molecule has 0 atom stereocenters. The number of hydrogen-bond acceptors (Lipinski definition) is 3. The standard InChI is InChI=1S/C14H14BrClN2OS/c1-17-13(19)6-9-2-4-10(5-3-9)18-8-11-7-12(15)14(16)20-11/h2-5,7,18H,6,8H2,1H3,(H,17,19). The molecule has 0 saturated carbocycles. The van der Waals surface area contributed by atoms with E-state index in [1.807, 2.05) is 30.3 Å². The first-order chi connectivity index (χ1) is 9.58. The summed E-state index contributed by atoms with van der Waals surface area (Å²) in [5.41, 5.74) is 2.02. The fourth-order valence-corrected chi connectivity index (χ4v) is 3.41. The van der Waals surface area contributed by atoms with Crippen molar-refractivity contribution in [3.63, 3.8) is 0 Å². The summed E-state index contributed by atoms with van der Waals surface area (Å²) in [7, 11) is 1.64. The average Bonchev–Trinajstić information content (AvgIpc) is 2.77. The molecule has 0 fully saturated rings. The molecule has 106 valence electrons. The van der Waals surface area contributed by atoms with Crippen LogP contribution in [0.2, 0.25) is 4.34 Å². The van der Waals surface area contributed by atoms with Crippen LogP contribution in [0.3, 0.4) is 0 Å². The largest absolute Gasteiger partial charge is 0.380 e. The van der Waals surface area contributed by atoms with Crippen LogP contribution in [0.1, 0.15) is 10.4 Å². The van der Waals surface area contributed by atoms with Crippen LogP contribution in [0.4, 0.5) is 5.69 Å². The summed E-state index contributed by atoms with van der Waals surface area (Å²) in [6, 6.07) is 9.87. The van der Waals surface area contributed by atoms with Gasteiger partial charge >= 0.3 is 0 Å². The molecule has 3 nitrogen and oxygen atoms in total. The van der Waals surface area contributed by atoms with E-state index in [4.69, 9.17) is 11.6 Å². The maximum Gasteiger partial charge on any atom is 0.224 e. The molecule has 0 bridgehead atoms. The van der Waals surface area contributed by atoms with Gasteiger partial charge in [0.25, 0.3) is 0 Å². The fraction of sp³-hybridized carbons (Fsp3) is 0.214. The van der Waals surface area contributed by atoms with Crippen molar-refractivity contribution in [2.75, 3.05) is 12.4 Å². The number of rotatable bonds is 5. The van der Waals surface area contributed by atoms with Crippen LogP contribution in [0.5, 0.6) is 0 Å². The Morgan fingerprint density at radius 1 is 1.35 bits per heavy atom. The Morgan fingerprint density at radius 3 is 2.60 bits per heavy atom. The highest BCUT2D eigenvalue weighted by Crippen LogP contribution is 2.32. The van der Waals surface area contributed by atoms with Gasteiger partial charge in [0.05, 0.1) is 6.42 Å². The number of nitrogens with one attached hydrogen (secondary N) is 2. The van der Waals surface area contributed by atoms with Gasteiger partial charge in [-0.15, -0.1) is 11.3 Å². The van der Waals surface area contributed by atoms with Gasteiger partial charge < -0.3 is 10.6 Å². The summed E-state index contributed by atoms with van der Waals surface area (Å²) in [4.78, 5) is 12.4. The monoisotopic (exact) mass is 372 g/mol. The predicted molar refractivity (Wildman–Crippen MR) is 88.6 cm³/mol. The zero-order chi connectivity index (χ0) is 14.5. The number of halogens is 2. The van der Waals surface area contributed by atoms with E-state index in [-0.39, 0.29) is 5.91 Å². The van der Waals surface area contributed by atoms with Gasteiger partial charge in [-0.3, -0.25) is 4.79 Å². The van der Waals surface area contributed by atoms with Crippen LogP contribution in [0, 0.1) is 0 Å². The maximum absolute atomic E-state index is 11.3. The predicted octanol–water partition coefficient (Wildman–Crippen LogP) is 4.06. The molecule has 0 spiro atoms. The van der Waals surface area contributed by atoms with E-state index in [0.29, 0.717) is 6.42 Å². The molecule has 1 heterocycles. The summed E-state index contributed by atoms with van der Waals surface area (Å²) >= 11 is 10.9. The molecular formula is C14H14BrClN2OS. The summed E-state index contributed by atoms with van der Waals surface area (Å²) in [5.74, 6) is 0.0174. The third-order valence-electron chi connectivity index (χ3n) is 2.76. The van der Waals surface area contributed by atoms with Crippen molar-refractivity contribution in [2.45, 2.75) is 13.0 Å². The Bertz CT molecular complexity index is 578. The zero-order valence-electron chi connectivity index (χ0n) is 10.9. The molecule has 6 heteroatoms. The van der Waals surface area contributed by atoms with Gasteiger partial charge in [0, 0.05) is 28.6 Å². The molecule has 0 aliphatic carbocycles. The molecule has 1 aromatic carbocycles. The van der Waals surface area contributed by atoms with E-state index in [0.717, 1.165) is 31.5 Å². The van der Waals surface area contributed by atoms with Crippen molar-refractivity contribution >= 4 is 50.5 Å². The molecule has 2 rings (SSSR count). The quantitative estimate of drug-likeness (QED) is 0.829. The summed E-state index contributed by atoms with van der Waals surface area (Å²) in [5, 5.41) is 5.94. The number of thiophene rings is 1. The second-order valence-corrected chi connectivity index (χ2v) is 6.83. The van der Waals surface area contributed by atoms with Crippen LogP contribution in [0.15, 0.2) is 34.8 Å². The van der Waals surface area contributed by atoms with Crippen LogP contribution in [-0.2, 0) is 17.8 Å². The van der Waals surface area contributed by atoms with Gasteiger partial charge in [0.2, 0.25) is 5.91 Å². The number of likely N-dealkylation sites (N-methyl/N-ethyl adjacent to an activating group) is 1. The number of amides is 1. The van der Waals surface area contributed by atoms with Crippen LogP contribution >= 0.6 is 38.9 Å². The fourth-order valence-electron chi connectivity index (χ4n) is 1.68. The normalized spacial score (nSPS) is 10.3. The van der Waals surface area contributed by atoms with Crippen LogP contribution < -0.4 is 10.6 Å². The molecule has 20 heavy (non-hydrogen) atoms. The first kappa shape index (κ1) is 15.4. The highest BCUT2D eigenvalue weighted by atomic mass is 79.9. The number of anilines is 1. The van der Waals surface area contributed by atoms with Gasteiger partial charge in [-0.05, 0) is 39.7 Å². The second-order valence-electron chi connectivity index (χ2n) is 4.23. The first-order valence-corrected chi connectivity index (χ1v) is 8.04. The highest BCUT2D eigenvalue weighted by molar-refractivity contribution is 9.10. The molecule has 1 aromatic heterocycles. The molecular weight excluding hydrogens is 360 g/mol. The van der Waals surface area contributed by atoms with Gasteiger partial charge in [-0.2, -0.15) is 0 Å². The van der Waals surface area contributed by atoms with E-state index in [9.17, 15) is 4.79 Å². The van der Waals surface area contributed by atoms with Gasteiger partial charge in [-0.25, -0.2) is 0 Å². The second kappa shape index (κ2) is 7.11. The molecule has 0 aliphatic heterocycles. The summed E-state index contributed by atoms with van der Waals surface area (Å²) in [6.45, 7) is 0.727. The van der Waals surface area contributed by atoms with E-state index in [2.05, 4.69) is 26.6 Å². The van der Waals surface area contributed by atoms with E-state index in [1.165, 1.54) is 0 Å². The lowest BCUT2D eigenvalue weighted by Crippen LogP contribution is -2.19. The third kappa shape index (κ3) is 4.23. The van der Waals surface area contributed by atoms with Crippen molar-refractivity contribution in [1.82, 2.24) is 5.32 Å². The minimum absolute atomic E-state index is 0.0174. The average molecular weight is 374 g/mol. The molecule has 0 radical (unpaired) electrons. The lowest BCUT2D eigenvalue weighted by molar-refractivity contribution is -0.119. The SMILES string of the molecule is CNC(=O)Cc1ccc(NCc2cc(Br)c(Cl)s2)cc1. The number of carbonyl (C=O) groups is 1. The Hall–Kier alpha value is -1.04. The van der Waals surface area contributed by atoms with E-state index in [1.54, 1.807) is 18.4 Å². The van der Waals surface area contributed by atoms with Crippen molar-refractivity contribution in [1.29, 1.82) is 0 Å². The first-order valence-electron chi connectivity index (χ1n) is 6.05. The summed E-state index contributed by atoms with van der Waals surface area (Å²) < 4.78 is 1.70. The zero-order valence-corrected chi connectivity index (χ0v) is 14.0. The molecule has 2 aromatic rings. The number of hydrogen-bond donors (Lipinski definition) is 2. The van der Waals surface area contributed by atoms with Gasteiger partial charge in [0.1, 0.15) is 4.34 Å². The lowest BCUT2D eigenvalue weighted by atomic mass is 10.1. The molecule has 1 amide bonds.